The Hall–Kier alpha value is -0.840. The predicted molar refractivity (Wildman–Crippen MR) is 73.7 cm³/mol. The molecule has 0 unspecified atom stereocenters. The maximum absolute atomic E-state index is 11.4. The second kappa shape index (κ2) is 10.3. The molecule has 0 saturated carbocycles. The largest absolute Gasteiger partial charge is 0.345 e. The molecular weight excluding hydrogens is 261 g/mol. The fourth-order valence-electron chi connectivity index (χ4n) is 1.29. The first-order valence-corrected chi connectivity index (χ1v) is 5.07. The third kappa shape index (κ3) is 7.15. The fourth-order valence-corrected chi connectivity index (χ4v) is 1.29. The topological polar surface area (TPSA) is 59.2 Å². The Kier molecular flexibility index (Phi) is 11.2. The highest BCUT2D eigenvalue weighted by Crippen LogP contribution is 1.99. The van der Waals surface area contributed by atoms with Crippen LogP contribution in [0.15, 0.2) is 24.5 Å². The molecule has 6 heteroatoms. The molecule has 1 amide bonds. The minimum absolute atomic E-state index is 0. The van der Waals surface area contributed by atoms with Crippen LogP contribution in [0, 0.1) is 0 Å². The van der Waals surface area contributed by atoms with E-state index in [-0.39, 0.29) is 30.7 Å². The highest BCUT2D eigenvalue weighted by Gasteiger charge is 2.06. The van der Waals surface area contributed by atoms with Gasteiger partial charge < -0.3 is 10.6 Å². The number of carbonyl (C=O) groups excluding carboxylic acids is 1. The van der Waals surface area contributed by atoms with E-state index in [1.54, 1.807) is 24.3 Å². The van der Waals surface area contributed by atoms with E-state index < -0.39 is 0 Å². The van der Waals surface area contributed by atoms with Gasteiger partial charge in [0.1, 0.15) is 0 Å². The van der Waals surface area contributed by atoms with Crippen molar-refractivity contribution in [1.29, 1.82) is 0 Å². The molecule has 1 aromatic rings. The molecular formula is C11H19Cl2N3O. The SMILES string of the molecule is CN(CCc1ccncc1)C(=O)CCN.Cl.Cl. The summed E-state index contributed by atoms with van der Waals surface area (Å²) < 4.78 is 0. The first kappa shape index (κ1) is 18.5. The lowest BCUT2D eigenvalue weighted by molar-refractivity contribution is -0.129. The summed E-state index contributed by atoms with van der Waals surface area (Å²) in [5.41, 5.74) is 6.51. The lowest BCUT2D eigenvalue weighted by Crippen LogP contribution is -2.30. The van der Waals surface area contributed by atoms with Crippen molar-refractivity contribution in [1.82, 2.24) is 9.88 Å². The van der Waals surface area contributed by atoms with Crippen LogP contribution >= 0.6 is 24.8 Å². The number of pyridine rings is 1. The summed E-state index contributed by atoms with van der Waals surface area (Å²) in [5.74, 6) is 0.103. The Labute approximate surface area is 114 Å². The maximum Gasteiger partial charge on any atom is 0.223 e. The third-order valence-electron chi connectivity index (χ3n) is 2.27. The van der Waals surface area contributed by atoms with E-state index in [1.165, 1.54) is 5.56 Å². The van der Waals surface area contributed by atoms with E-state index in [2.05, 4.69) is 4.98 Å². The summed E-state index contributed by atoms with van der Waals surface area (Å²) >= 11 is 0. The van der Waals surface area contributed by atoms with Crippen LogP contribution in [-0.2, 0) is 11.2 Å². The zero-order valence-corrected chi connectivity index (χ0v) is 11.5. The second-order valence-electron chi connectivity index (χ2n) is 3.46. The fraction of sp³-hybridized carbons (Fsp3) is 0.455. The normalized spacial score (nSPS) is 8.82. The van der Waals surface area contributed by atoms with E-state index >= 15 is 0 Å². The third-order valence-corrected chi connectivity index (χ3v) is 2.27. The van der Waals surface area contributed by atoms with Gasteiger partial charge in [-0.1, -0.05) is 0 Å². The van der Waals surface area contributed by atoms with Crippen molar-refractivity contribution in [3.63, 3.8) is 0 Å². The van der Waals surface area contributed by atoms with Crippen LogP contribution in [0.4, 0.5) is 0 Å². The van der Waals surface area contributed by atoms with Gasteiger partial charge in [-0.15, -0.1) is 24.8 Å². The van der Waals surface area contributed by atoms with E-state index in [9.17, 15) is 4.79 Å². The monoisotopic (exact) mass is 279 g/mol. The van der Waals surface area contributed by atoms with Gasteiger partial charge >= 0.3 is 0 Å². The quantitative estimate of drug-likeness (QED) is 0.883. The summed E-state index contributed by atoms with van der Waals surface area (Å²) in [4.78, 5) is 17.1. The van der Waals surface area contributed by atoms with Gasteiger partial charge in [0.25, 0.3) is 0 Å². The first-order chi connectivity index (χ1) is 7.24. The van der Waals surface area contributed by atoms with Gasteiger partial charge in [-0.2, -0.15) is 0 Å². The molecule has 0 spiro atoms. The Morgan fingerprint density at radius 2 is 1.94 bits per heavy atom. The van der Waals surface area contributed by atoms with Crippen LogP contribution in [0.2, 0.25) is 0 Å². The molecule has 2 N–H and O–H groups in total. The van der Waals surface area contributed by atoms with Gasteiger partial charge in [0.05, 0.1) is 0 Å². The molecule has 1 rings (SSSR count). The predicted octanol–water partition coefficient (Wildman–Crippen LogP) is 1.27. The number of hydrogen-bond acceptors (Lipinski definition) is 3. The number of aromatic nitrogens is 1. The highest BCUT2D eigenvalue weighted by molar-refractivity contribution is 5.85. The maximum atomic E-state index is 11.4. The van der Waals surface area contributed by atoms with E-state index in [0.29, 0.717) is 13.0 Å². The summed E-state index contributed by atoms with van der Waals surface area (Å²) in [6.45, 7) is 1.14. The van der Waals surface area contributed by atoms with Crippen LogP contribution in [0.25, 0.3) is 0 Å². The molecule has 17 heavy (non-hydrogen) atoms. The van der Waals surface area contributed by atoms with Crippen molar-refractivity contribution in [2.24, 2.45) is 5.73 Å². The molecule has 0 atom stereocenters. The van der Waals surface area contributed by atoms with E-state index in [0.717, 1.165) is 13.0 Å². The van der Waals surface area contributed by atoms with Crippen LogP contribution in [-0.4, -0.2) is 35.9 Å². The molecule has 1 aromatic heterocycles. The Morgan fingerprint density at radius 3 is 2.47 bits per heavy atom. The number of nitrogens with two attached hydrogens (primary N) is 1. The second-order valence-corrected chi connectivity index (χ2v) is 3.46. The number of hydrogen-bond donors (Lipinski definition) is 1. The Bertz CT molecular complexity index is 309. The van der Waals surface area contributed by atoms with Gasteiger partial charge in [0, 0.05) is 39.0 Å². The number of nitrogens with zero attached hydrogens (tertiary/aromatic N) is 2. The number of amides is 1. The average Bonchev–Trinajstić information content (AvgIpc) is 2.27. The molecule has 0 fully saturated rings. The molecule has 0 radical (unpaired) electrons. The van der Waals surface area contributed by atoms with Crippen LogP contribution in [0.3, 0.4) is 0 Å². The van der Waals surface area contributed by atoms with Gasteiger partial charge in [-0.25, -0.2) is 0 Å². The number of likely N-dealkylation sites (N-methyl/N-ethyl adjacent to an activating group) is 1. The molecule has 0 aliphatic carbocycles. The number of carbonyl (C=O) groups is 1. The number of rotatable bonds is 5. The van der Waals surface area contributed by atoms with Crippen molar-refractivity contribution in [2.45, 2.75) is 12.8 Å². The molecule has 1 heterocycles. The highest BCUT2D eigenvalue weighted by atomic mass is 35.5. The summed E-state index contributed by atoms with van der Waals surface area (Å²) in [6, 6.07) is 3.92. The molecule has 98 valence electrons. The number of halogens is 2. The standard InChI is InChI=1S/C11H17N3O.2ClH/c1-14(11(15)2-6-12)9-5-10-3-7-13-8-4-10;;/h3-4,7-8H,2,5-6,9,12H2,1H3;2*1H. The van der Waals surface area contributed by atoms with Crippen LogP contribution in [0.5, 0.6) is 0 Å². The zero-order valence-electron chi connectivity index (χ0n) is 9.83. The van der Waals surface area contributed by atoms with Crippen molar-refractivity contribution in [2.75, 3.05) is 20.1 Å². The Balaban J connectivity index is 0. The lowest BCUT2D eigenvalue weighted by atomic mass is 10.2. The first-order valence-electron chi connectivity index (χ1n) is 5.07. The summed E-state index contributed by atoms with van der Waals surface area (Å²) in [5, 5.41) is 0. The molecule has 4 nitrogen and oxygen atoms in total. The average molecular weight is 280 g/mol. The minimum Gasteiger partial charge on any atom is -0.345 e. The van der Waals surface area contributed by atoms with Crippen molar-refractivity contribution < 1.29 is 4.79 Å². The summed E-state index contributed by atoms with van der Waals surface area (Å²) in [6.07, 6.45) is 4.80. The zero-order chi connectivity index (χ0) is 11.1. The van der Waals surface area contributed by atoms with E-state index in [1.807, 2.05) is 12.1 Å². The van der Waals surface area contributed by atoms with Crippen LogP contribution in [0.1, 0.15) is 12.0 Å². The summed E-state index contributed by atoms with van der Waals surface area (Å²) in [7, 11) is 1.80. The van der Waals surface area contributed by atoms with Gasteiger partial charge in [0.15, 0.2) is 0 Å². The van der Waals surface area contributed by atoms with Crippen molar-refractivity contribution >= 4 is 30.7 Å². The van der Waals surface area contributed by atoms with Crippen molar-refractivity contribution in [3.05, 3.63) is 30.1 Å². The van der Waals surface area contributed by atoms with Crippen molar-refractivity contribution in [3.8, 4) is 0 Å². The molecule has 0 saturated heterocycles. The molecule has 0 aromatic carbocycles. The molecule has 0 aliphatic rings. The molecule has 0 aliphatic heterocycles. The van der Waals surface area contributed by atoms with E-state index in [4.69, 9.17) is 5.73 Å². The van der Waals surface area contributed by atoms with Crippen LogP contribution < -0.4 is 5.73 Å². The van der Waals surface area contributed by atoms with Gasteiger partial charge in [-0.3, -0.25) is 9.78 Å². The lowest BCUT2D eigenvalue weighted by Gasteiger charge is -2.16. The molecule has 0 bridgehead atoms. The van der Waals surface area contributed by atoms with Gasteiger partial charge in [-0.05, 0) is 24.1 Å². The Morgan fingerprint density at radius 1 is 1.35 bits per heavy atom. The van der Waals surface area contributed by atoms with Gasteiger partial charge in [0.2, 0.25) is 5.91 Å². The smallest absolute Gasteiger partial charge is 0.223 e. The minimum atomic E-state index is 0.